The molecule has 0 aromatic heterocycles. The first kappa shape index (κ1) is 13.5. The molecule has 1 aliphatic heterocycles. The Labute approximate surface area is 98.6 Å². The van der Waals surface area contributed by atoms with Crippen molar-refractivity contribution in [1.82, 2.24) is 10.2 Å². The molecule has 0 spiro atoms. The molecule has 1 unspecified atom stereocenters. The minimum atomic E-state index is -0.606. The molecule has 1 atom stereocenters. The molecule has 0 aromatic carbocycles. The number of carbonyl (C=O) groups is 1. The molecule has 1 fully saturated rings. The molecule has 94 valence electrons. The molecule has 1 heterocycles. The van der Waals surface area contributed by atoms with E-state index in [4.69, 9.17) is 5.73 Å². The predicted octanol–water partition coefficient (Wildman–Crippen LogP) is 0.714. The lowest BCUT2D eigenvalue weighted by atomic mass is 9.98. The highest BCUT2D eigenvalue weighted by Crippen LogP contribution is 2.14. The Hall–Kier alpha value is -0.610. The Bertz CT molecular complexity index is 236. The smallest absolute Gasteiger partial charge is 0.238 e. The van der Waals surface area contributed by atoms with E-state index in [1.807, 2.05) is 20.8 Å². The first-order valence-electron chi connectivity index (χ1n) is 6.24. The molecule has 1 rings (SSSR count). The van der Waals surface area contributed by atoms with Crippen LogP contribution >= 0.6 is 0 Å². The maximum Gasteiger partial charge on any atom is 0.238 e. The molecular weight excluding hydrogens is 202 g/mol. The van der Waals surface area contributed by atoms with Gasteiger partial charge in [0.05, 0.1) is 0 Å². The normalized spacial score (nSPS) is 22.0. The molecule has 0 bridgehead atoms. The van der Waals surface area contributed by atoms with Gasteiger partial charge in [0, 0.05) is 12.6 Å². The summed E-state index contributed by atoms with van der Waals surface area (Å²) in [6, 6.07) is 0.266. The predicted molar refractivity (Wildman–Crippen MR) is 66.2 cm³/mol. The van der Waals surface area contributed by atoms with Crippen LogP contribution in [0.2, 0.25) is 0 Å². The number of nitrogens with zero attached hydrogens (tertiary/aromatic N) is 1. The number of rotatable bonds is 5. The molecule has 0 aromatic rings. The quantitative estimate of drug-likeness (QED) is 0.727. The van der Waals surface area contributed by atoms with Crippen molar-refractivity contribution in [3.8, 4) is 0 Å². The zero-order valence-corrected chi connectivity index (χ0v) is 10.8. The van der Waals surface area contributed by atoms with Gasteiger partial charge in [0.15, 0.2) is 0 Å². The average Bonchev–Trinajstić information content (AvgIpc) is 2.17. The van der Waals surface area contributed by atoms with Crippen LogP contribution in [-0.4, -0.2) is 42.0 Å². The summed E-state index contributed by atoms with van der Waals surface area (Å²) in [4.78, 5) is 13.9. The highest BCUT2D eigenvalue weighted by atomic mass is 16.1. The maximum atomic E-state index is 11.6. The Balaban J connectivity index is 2.58. The lowest BCUT2D eigenvalue weighted by molar-refractivity contribution is -0.125. The number of hydrogen-bond donors (Lipinski definition) is 2. The van der Waals surface area contributed by atoms with Crippen LogP contribution in [0.25, 0.3) is 0 Å². The number of hydrogen-bond acceptors (Lipinski definition) is 3. The fraction of sp³-hybridized carbons (Fsp3) is 0.917. The second kappa shape index (κ2) is 5.64. The van der Waals surface area contributed by atoms with E-state index in [1.54, 1.807) is 0 Å². The van der Waals surface area contributed by atoms with Crippen LogP contribution in [0.4, 0.5) is 0 Å². The number of primary amides is 1. The summed E-state index contributed by atoms with van der Waals surface area (Å²) in [7, 11) is 0. The molecule has 16 heavy (non-hydrogen) atoms. The van der Waals surface area contributed by atoms with Gasteiger partial charge in [0.25, 0.3) is 0 Å². The van der Waals surface area contributed by atoms with Crippen LogP contribution in [0.3, 0.4) is 0 Å². The molecule has 1 saturated heterocycles. The highest BCUT2D eigenvalue weighted by molar-refractivity contribution is 5.84. The topological polar surface area (TPSA) is 58.4 Å². The van der Waals surface area contributed by atoms with Gasteiger partial charge in [-0.25, -0.2) is 0 Å². The minimum Gasteiger partial charge on any atom is -0.368 e. The van der Waals surface area contributed by atoms with Crippen molar-refractivity contribution in [3.05, 3.63) is 0 Å². The number of nitrogens with one attached hydrogen (secondary N) is 1. The minimum absolute atomic E-state index is 0.258. The van der Waals surface area contributed by atoms with E-state index in [0.29, 0.717) is 0 Å². The second-order valence-electron chi connectivity index (χ2n) is 5.33. The summed E-state index contributed by atoms with van der Waals surface area (Å²) in [5, 5.41) is 3.29. The zero-order chi connectivity index (χ0) is 12.2. The molecule has 3 N–H and O–H groups in total. The van der Waals surface area contributed by atoms with Crippen LogP contribution in [-0.2, 0) is 4.79 Å². The first-order valence-corrected chi connectivity index (χ1v) is 6.24. The summed E-state index contributed by atoms with van der Waals surface area (Å²) >= 11 is 0. The van der Waals surface area contributed by atoms with Crippen molar-refractivity contribution in [2.45, 2.75) is 51.6 Å². The molecule has 0 radical (unpaired) electrons. The number of carbonyl (C=O) groups excluding carboxylic acids is 1. The Kier molecular flexibility index (Phi) is 4.74. The largest absolute Gasteiger partial charge is 0.368 e. The molecular formula is C12H25N3O. The van der Waals surface area contributed by atoms with Crippen molar-refractivity contribution in [3.63, 3.8) is 0 Å². The monoisotopic (exact) mass is 227 g/mol. The van der Waals surface area contributed by atoms with Crippen LogP contribution in [0.15, 0.2) is 0 Å². The van der Waals surface area contributed by atoms with E-state index in [2.05, 4.69) is 10.2 Å². The van der Waals surface area contributed by atoms with Crippen LogP contribution in [0.5, 0.6) is 0 Å². The molecule has 4 heteroatoms. The summed E-state index contributed by atoms with van der Waals surface area (Å²) in [5.41, 5.74) is 4.90. The molecule has 0 aliphatic carbocycles. The van der Waals surface area contributed by atoms with Crippen molar-refractivity contribution in [2.24, 2.45) is 5.73 Å². The van der Waals surface area contributed by atoms with Crippen molar-refractivity contribution >= 4 is 5.91 Å². The number of nitrogens with two attached hydrogens (primary N) is 1. The number of amides is 1. The Morgan fingerprint density at radius 1 is 1.38 bits per heavy atom. The molecule has 0 saturated carbocycles. The third-order valence-corrected chi connectivity index (χ3v) is 3.14. The first-order chi connectivity index (χ1) is 7.44. The fourth-order valence-electron chi connectivity index (χ4n) is 2.40. The second-order valence-corrected chi connectivity index (χ2v) is 5.33. The lowest BCUT2D eigenvalue weighted by Gasteiger charge is -2.37. The number of likely N-dealkylation sites (tertiary alicyclic amines) is 1. The van der Waals surface area contributed by atoms with Gasteiger partial charge in [-0.15, -0.1) is 0 Å². The summed E-state index contributed by atoms with van der Waals surface area (Å²) in [5.74, 6) is -0.258. The summed E-state index contributed by atoms with van der Waals surface area (Å²) < 4.78 is 0. The van der Waals surface area contributed by atoms with Crippen LogP contribution in [0, 0.1) is 0 Å². The van der Waals surface area contributed by atoms with E-state index >= 15 is 0 Å². The molecule has 1 amide bonds. The van der Waals surface area contributed by atoms with E-state index < -0.39 is 5.54 Å². The zero-order valence-electron chi connectivity index (χ0n) is 10.8. The SMILES string of the molecule is CC(C)NC(C)(CN1CCCCC1)C(N)=O. The highest BCUT2D eigenvalue weighted by Gasteiger charge is 2.33. The van der Waals surface area contributed by atoms with Gasteiger partial charge >= 0.3 is 0 Å². The standard InChI is InChI=1S/C12H25N3O/c1-10(2)14-12(3,11(13)16)9-15-7-5-4-6-8-15/h10,14H,4-9H2,1-3H3,(H2,13,16). The van der Waals surface area contributed by atoms with Crippen molar-refractivity contribution in [2.75, 3.05) is 19.6 Å². The van der Waals surface area contributed by atoms with Gasteiger partial charge in [-0.05, 0) is 46.7 Å². The Morgan fingerprint density at radius 2 is 1.94 bits per heavy atom. The van der Waals surface area contributed by atoms with Crippen LogP contribution in [0.1, 0.15) is 40.0 Å². The molecule has 1 aliphatic rings. The van der Waals surface area contributed by atoms with Crippen molar-refractivity contribution < 1.29 is 4.79 Å². The van der Waals surface area contributed by atoms with Crippen LogP contribution < -0.4 is 11.1 Å². The third kappa shape index (κ3) is 3.76. The van der Waals surface area contributed by atoms with Gasteiger partial charge in [-0.1, -0.05) is 6.42 Å². The third-order valence-electron chi connectivity index (χ3n) is 3.14. The van der Waals surface area contributed by atoms with E-state index in [1.165, 1.54) is 19.3 Å². The van der Waals surface area contributed by atoms with E-state index in [-0.39, 0.29) is 11.9 Å². The maximum absolute atomic E-state index is 11.6. The summed E-state index contributed by atoms with van der Waals surface area (Å²) in [6.45, 7) is 8.88. The Morgan fingerprint density at radius 3 is 2.38 bits per heavy atom. The number of piperidine rings is 1. The van der Waals surface area contributed by atoms with Gasteiger partial charge in [0.1, 0.15) is 5.54 Å². The van der Waals surface area contributed by atoms with Crippen molar-refractivity contribution in [1.29, 1.82) is 0 Å². The van der Waals surface area contributed by atoms with Gasteiger partial charge in [0.2, 0.25) is 5.91 Å². The average molecular weight is 227 g/mol. The van der Waals surface area contributed by atoms with E-state index in [9.17, 15) is 4.79 Å². The fourth-order valence-corrected chi connectivity index (χ4v) is 2.40. The van der Waals surface area contributed by atoms with E-state index in [0.717, 1.165) is 19.6 Å². The molecule has 4 nitrogen and oxygen atoms in total. The van der Waals surface area contributed by atoms with Gasteiger partial charge in [-0.3, -0.25) is 4.79 Å². The summed E-state index contributed by atoms with van der Waals surface area (Å²) in [6.07, 6.45) is 3.77. The van der Waals surface area contributed by atoms with Gasteiger partial charge in [-0.2, -0.15) is 0 Å². The lowest BCUT2D eigenvalue weighted by Crippen LogP contribution is -2.61. The van der Waals surface area contributed by atoms with Gasteiger partial charge < -0.3 is 16.0 Å².